The van der Waals surface area contributed by atoms with Gasteiger partial charge < -0.3 is 20.4 Å². The molecule has 2 aromatic heterocycles. The molecular formula is C20H22N4O2. The molecule has 26 heavy (non-hydrogen) atoms. The van der Waals surface area contributed by atoms with E-state index in [9.17, 15) is 4.79 Å². The highest BCUT2D eigenvalue weighted by atomic mass is 16.5. The SMILES string of the molecule is COc1cccc2[nH]cc(C(C)N(C)C(=O)/C=C/c3ccc(N)nc3)c12. The summed E-state index contributed by atoms with van der Waals surface area (Å²) in [6.07, 6.45) is 6.83. The lowest BCUT2D eigenvalue weighted by molar-refractivity contribution is -0.126. The molecule has 6 nitrogen and oxygen atoms in total. The molecule has 2 heterocycles. The number of aromatic nitrogens is 2. The first-order chi connectivity index (χ1) is 12.5. The Hall–Kier alpha value is -3.28. The maximum absolute atomic E-state index is 12.6. The summed E-state index contributed by atoms with van der Waals surface area (Å²) in [5, 5.41) is 0.994. The van der Waals surface area contributed by atoms with E-state index in [-0.39, 0.29) is 11.9 Å². The number of nitrogen functional groups attached to an aromatic ring is 1. The van der Waals surface area contributed by atoms with E-state index in [0.29, 0.717) is 5.82 Å². The lowest BCUT2D eigenvalue weighted by Gasteiger charge is -2.24. The van der Waals surface area contributed by atoms with E-state index < -0.39 is 0 Å². The summed E-state index contributed by atoms with van der Waals surface area (Å²) in [5.74, 6) is 1.14. The van der Waals surface area contributed by atoms with Crippen molar-refractivity contribution in [1.82, 2.24) is 14.9 Å². The molecule has 0 bridgehead atoms. The van der Waals surface area contributed by atoms with E-state index in [1.54, 1.807) is 37.4 Å². The Balaban J connectivity index is 1.82. The van der Waals surface area contributed by atoms with Crippen LogP contribution in [0.3, 0.4) is 0 Å². The van der Waals surface area contributed by atoms with Gasteiger partial charge in [0, 0.05) is 42.0 Å². The predicted octanol–water partition coefficient (Wildman–Crippen LogP) is 3.39. The Labute approximate surface area is 152 Å². The summed E-state index contributed by atoms with van der Waals surface area (Å²) in [6, 6.07) is 9.24. The van der Waals surface area contributed by atoms with Crippen LogP contribution in [0.2, 0.25) is 0 Å². The minimum absolute atomic E-state index is 0.0985. The van der Waals surface area contributed by atoms with Gasteiger partial charge in [-0.25, -0.2) is 4.98 Å². The number of rotatable bonds is 5. The molecule has 1 amide bonds. The summed E-state index contributed by atoms with van der Waals surface area (Å²) < 4.78 is 5.48. The van der Waals surface area contributed by atoms with Crippen molar-refractivity contribution >= 4 is 28.7 Å². The zero-order valence-electron chi connectivity index (χ0n) is 15.1. The number of amides is 1. The first-order valence-corrected chi connectivity index (χ1v) is 8.31. The van der Waals surface area contributed by atoms with Gasteiger partial charge in [0.1, 0.15) is 11.6 Å². The molecule has 0 aliphatic rings. The Bertz CT molecular complexity index is 944. The first-order valence-electron chi connectivity index (χ1n) is 8.31. The van der Waals surface area contributed by atoms with E-state index in [1.807, 2.05) is 37.4 Å². The van der Waals surface area contributed by atoms with Crippen molar-refractivity contribution in [1.29, 1.82) is 0 Å². The first kappa shape index (κ1) is 17.5. The van der Waals surface area contributed by atoms with E-state index in [0.717, 1.165) is 27.8 Å². The number of aromatic amines is 1. The second kappa shape index (κ2) is 7.31. The number of ether oxygens (including phenoxy) is 1. The molecule has 1 aromatic carbocycles. The number of methoxy groups -OCH3 is 1. The van der Waals surface area contributed by atoms with E-state index in [4.69, 9.17) is 10.5 Å². The molecule has 3 N–H and O–H groups in total. The van der Waals surface area contributed by atoms with Crippen molar-refractivity contribution in [2.24, 2.45) is 0 Å². The summed E-state index contributed by atoms with van der Waals surface area (Å²) in [7, 11) is 3.43. The van der Waals surface area contributed by atoms with Gasteiger partial charge in [0.2, 0.25) is 5.91 Å². The topological polar surface area (TPSA) is 84.2 Å². The van der Waals surface area contributed by atoms with Gasteiger partial charge in [-0.1, -0.05) is 6.07 Å². The van der Waals surface area contributed by atoms with Crippen molar-refractivity contribution in [3.8, 4) is 5.75 Å². The number of hydrogen-bond acceptors (Lipinski definition) is 4. The van der Waals surface area contributed by atoms with Crippen LogP contribution in [0.5, 0.6) is 5.75 Å². The average Bonchev–Trinajstić information content (AvgIpc) is 3.10. The number of nitrogens with zero attached hydrogens (tertiary/aromatic N) is 2. The number of nitrogens with one attached hydrogen (secondary N) is 1. The Kier molecular flexibility index (Phi) is 4.93. The van der Waals surface area contributed by atoms with E-state index in [2.05, 4.69) is 9.97 Å². The standard InChI is InChI=1S/C20H22N4O2/c1-13(15-12-22-16-5-4-6-17(26-3)20(15)16)24(2)19(25)10-8-14-7-9-18(21)23-11-14/h4-13,22H,1-3H3,(H2,21,23)/b10-8+. The van der Waals surface area contributed by atoms with Crippen LogP contribution in [-0.4, -0.2) is 34.9 Å². The maximum atomic E-state index is 12.6. The van der Waals surface area contributed by atoms with Crippen molar-refractivity contribution in [3.63, 3.8) is 0 Å². The van der Waals surface area contributed by atoms with Crippen molar-refractivity contribution in [2.75, 3.05) is 19.9 Å². The largest absolute Gasteiger partial charge is 0.496 e. The summed E-state index contributed by atoms with van der Waals surface area (Å²) >= 11 is 0. The quantitative estimate of drug-likeness (QED) is 0.691. The highest BCUT2D eigenvalue weighted by molar-refractivity contribution is 5.93. The van der Waals surface area contributed by atoms with Gasteiger partial charge in [-0.05, 0) is 42.8 Å². The molecule has 0 aliphatic heterocycles. The Morgan fingerprint density at radius 1 is 1.35 bits per heavy atom. The van der Waals surface area contributed by atoms with Gasteiger partial charge in [-0.15, -0.1) is 0 Å². The zero-order chi connectivity index (χ0) is 18.7. The molecule has 1 atom stereocenters. The summed E-state index contributed by atoms with van der Waals surface area (Å²) in [4.78, 5) is 21.5. The Morgan fingerprint density at radius 3 is 2.85 bits per heavy atom. The van der Waals surface area contributed by atoms with Gasteiger partial charge in [0.05, 0.1) is 13.2 Å². The molecule has 134 valence electrons. The number of nitrogens with two attached hydrogens (primary N) is 1. The second-order valence-electron chi connectivity index (χ2n) is 6.10. The van der Waals surface area contributed by atoms with Crippen molar-refractivity contribution < 1.29 is 9.53 Å². The summed E-state index contributed by atoms with van der Waals surface area (Å²) in [6.45, 7) is 1.99. The average molecular weight is 350 g/mol. The number of carbonyl (C=O) groups excluding carboxylic acids is 1. The van der Waals surface area contributed by atoms with Crippen LogP contribution in [0, 0.1) is 0 Å². The van der Waals surface area contributed by atoms with E-state index in [1.165, 1.54) is 6.08 Å². The number of pyridine rings is 1. The molecule has 3 rings (SSSR count). The minimum Gasteiger partial charge on any atom is -0.496 e. The monoisotopic (exact) mass is 350 g/mol. The number of fused-ring (bicyclic) bond motifs is 1. The number of carbonyl (C=O) groups is 1. The number of hydrogen-bond donors (Lipinski definition) is 2. The fourth-order valence-corrected chi connectivity index (χ4v) is 2.88. The van der Waals surface area contributed by atoms with Crippen molar-refractivity contribution in [2.45, 2.75) is 13.0 Å². The smallest absolute Gasteiger partial charge is 0.246 e. The van der Waals surface area contributed by atoms with Gasteiger partial charge in [0.25, 0.3) is 0 Å². The fourth-order valence-electron chi connectivity index (χ4n) is 2.88. The van der Waals surface area contributed by atoms with Gasteiger partial charge in [-0.2, -0.15) is 0 Å². The van der Waals surface area contributed by atoms with Gasteiger partial charge in [0.15, 0.2) is 0 Å². The molecular weight excluding hydrogens is 328 g/mol. The van der Waals surface area contributed by atoms with Crippen LogP contribution < -0.4 is 10.5 Å². The van der Waals surface area contributed by atoms with Crippen LogP contribution in [-0.2, 0) is 4.79 Å². The molecule has 0 spiro atoms. The van der Waals surface area contributed by atoms with Crippen LogP contribution in [0.4, 0.5) is 5.82 Å². The van der Waals surface area contributed by atoms with Crippen molar-refractivity contribution in [3.05, 3.63) is 59.9 Å². The van der Waals surface area contributed by atoms with E-state index >= 15 is 0 Å². The van der Waals surface area contributed by atoms with Crippen LogP contribution in [0.1, 0.15) is 24.1 Å². The fraction of sp³-hybridized carbons (Fsp3) is 0.200. The lowest BCUT2D eigenvalue weighted by atomic mass is 10.1. The number of anilines is 1. The predicted molar refractivity (Wildman–Crippen MR) is 104 cm³/mol. The van der Waals surface area contributed by atoms with Gasteiger partial charge in [-0.3, -0.25) is 4.79 Å². The molecule has 0 saturated heterocycles. The Morgan fingerprint density at radius 2 is 2.15 bits per heavy atom. The highest BCUT2D eigenvalue weighted by Crippen LogP contribution is 2.34. The normalized spacial score (nSPS) is 12.4. The number of likely N-dealkylation sites (N-methyl/N-ethyl adjacent to an activating group) is 1. The molecule has 0 aliphatic carbocycles. The number of H-pyrrole nitrogens is 1. The van der Waals surface area contributed by atoms with Crippen LogP contribution in [0.25, 0.3) is 17.0 Å². The van der Waals surface area contributed by atoms with Crippen LogP contribution >= 0.6 is 0 Å². The minimum atomic E-state index is -0.123. The summed E-state index contributed by atoms with van der Waals surface area (Å²) in [5.41, 5.74) is 8.38. The highest BCUT2D eigenvalue weighted by Gasteiger charge is 2.20. The molecule has 3 aromatic rings. The maximum Gasteiger partial charge on any atom is 0.246 e. The third kappa shape index (κ3) is 3.39. The van der Waals surface area contributed by atoms with Gasteiger partial charge >= 0.3 is 0 Å². The molecule has 0 radical (unpaired) electrons. The third-order valence-electron chi connectivity index (χ3n) is 4.52. The molecule has 6 heteroatoms. The lowest BCUT2D eigenvalue weighted by Crippen LogP contribution is -2.27. The second-order valence-corrected chi connectivity index (χ2v) is 6.10. The molecule has 0 saturated carbocycles. The van der Waals surface area contributed by atoms with Crippen LogP contribution in [0.15, 0.2) is 48.8 Å². The molecule has 0 fully saturated rings. The third-order valence-corrected chi connectivity index (χ3v) is 4.52. The molecule has 1 unspecified atom stereocenters. The number of benzene rings is 1. The zero-order valence-corrected chi connectivity index (χ0v) is 15.1.